The molecule has 0 spiro atoms. The molecule has 1 atom stereocenters. The normalized spacial score (nSPS) is 17.0. The van der Waals surface area contributed by atoms with Crippen LogP contribution in [-0.2, 0) is 6.42 Å². The van der Waals surface area contributed by atoms with Gasteiger partial charge in [0.25, 0.3) is 0 Å². The van der Waals surface area contributed by atoms with Crippen LogP contribution in [0.15, 0.2) is 54.7 Å². The van der Waals surface area contributed by atoms with E-state index in [1.54, 1.807) is 4.68 Å². The Labute approximate surface area is 154 Å². The molecular formula is C21H25N5. The van der Waals surface area contributed by atoms with E-state index in [0.29, 0.717) is 6.04 Å². The van der Waals surface area contributed by atoms with E-state index in [9.17, 15) is 0 Å². The van der Waals surface area contributed by atoms with E-state index in [2.05, 4.69) is 56.6 Å². The molecule has 5 nitrogen and oxygen atoms in total. The molecule has 0 aliphatic carbocycles. The average Bonchev–Trinajstić information content (AvgIpc) is 3.32. The van der Waals surface area contributed by atoms with E-state index >= 15 is 0 Å². The van der Waals surface area contributed by atoms with Gasteiger partial charge in [0, 0.05) is 18.8 Å². The second kappa shape index (κ2) is 7.68. The average molecular weight is 347 g/mol. The summed E-state index contributed by atoms with van der Waals surface area (Å²) in [5, 5.41) is 13.2. The fourth-order valence-corrected chi connectivity index (χ4v) is 3.76. The van der Waals surface area contributed by atoms with Gasteiger partial charge in [-0.05, 0) is 62.8 Å². The molecule has 4 rings (SSSR count). The fourth-order valence-electron chi connectivity index (χ4n) is 3.76. The largest absolute Gasteiger partial charge is 0.352 e. The summed E-state index contributed by atoms with van der Waals surface area (Å²) in [6.07, 6.45) is 7.96. The molecule has 1 aliphatic heterocycles. The predicted molar refractivity (Wildman–Crippen MR) is 104 cm³/mol. The van der Waals surface area contributed by atoms with E-state index in [4.69, 9.17) is 0 Å². The Balaban J connectivity index is 1.38. The molecule has 134 valence electrons. The summed E-state index contributed by atoms with van der Waals surface area (Å²) in [5.41, 5.74) is 2.41. The minimum absolute atomic E-state index is 0.575. The van der Waals surface area contributed by atoms with Crippen molar-refractivity contribution in [1.29, 1.82) is 0 Å². The number of rotatable bonds is 6. The van der Waals surface area contributed by atoms with Crippen LogP contribution in [0.25, 0.3) is 5.82 Å². The van der Waals surface area contributed by atoms with E-state index in [1.807, 2.05) is 25.3 Å². The Morgan fingerprint density at radius 3 is 2.54 bits per heavy atom. The van der Waals surface area contributed by atoms with Crippen molar-refractivity contribution in [2.75, 3.05) is 11.4 Å². The van der Waals surface area contributed by atoms with Crippen LogP contribution >= 0.6 is 0 Å². The summed E-state index contributed by atoms with van der Waals surface area (Å²) in [5.74, 6) is 1.75. The van der Waals surface area contributed by atoms with Crippen molar-refractivity contribution in [3.05, 3.63) is 66.0 Å². The minimum atomic E-state index is 0.575. The van der Waals surface area contributed by atoms with Crippen LogP contribution in [0.3, 0.4) is 0 Å². The van der Waals surface area contributed by atoms with E-state index in [-0.39, 0.29) is 0 Å². The smallest absolute Gasteiger partial charge is 0.175 e. The van der Waals surface area contributed by atoms with Crippen LogP contribution < -0.4 is 4.90 Å². The Morgan fingerprint density at radius 1 is 1.00 bits per heavy atom. The van der Waals surface area contributed by atoms with E-state index < -0.39 is 0 Å². The molecule has 0 amide bonds. The number of aryl methyl sites for hydroxylation is 2. The van der Waals surface area contributed by atoms with Crippen molar-refractivity contribution in [1.82, 2.24) is 20.0 Å². The number of nitrogens with zero attached hydrogens (tertiary/aromatic N) is 5. The van der Waals surface area contributed by atoms with Gasteiger partial charge in [0.1, 0.15) is 0 Å². The number of benzene rings is 1. The molecule has 0 N–H and O–H groups in total. The van der Waals surface area contributed by atoms with Crippen molar-refractivity contribution >= 4 is 5.82 Å². The maximum atomic E-state index is 4.48. The zero-order valence-electron chi connectivity index (χ0n) is 15.3. The minimum Gasteiger partial charge on any atom is -0.352 e. The predicted octanol–water partition coefficient (Wildman–Crippen LogP) is 3.96. The van der Waals surface area contributed by atoms with Gasteiger partial charge in [-0.15, -0.1) is 10.2 Å². The summed E-state index contributed by atoms with van der Waals surface area (Å²) >= 11 is 0. The zero-order valence-corrected chi connectivity index (χ0v) is 15.3. The summed E-state index contributed by atoms with van der Waals surface area (Å²) < 4.78 is 1.77. The van der Waals surface area contributed by atoms with Gasteiger partial charge >= 0.3 is 0 Å². The lowest BCUT2D eigenvalue weighted by atomic mass is 10.0. The molecule has 0 radical (unpaired) electrons. The highest BCUT2D eigenvalue weighted by atomic mass is 15.4. The van der Waals surface area contributed by atoms with Gasteiger partial charge in [-0.2, -0.15) is 5.10 Å². The Morgan fingerprint density at radius 2 is 1.81 bits per heavy atom. The van der Waals surface area contributed by atoms with Crippen molar-refractivity contribution in [2.24, 2.45) is 0 Å². The van der Waals surface area contributed by atoms with Gasteiger partial charge in [-0.1, -0.05) is 30.3 Å². The Hall–Kier alpha value is -2.69. The molecule has 5 heteroatoms. The maximum absolute atomic E-state index is 4.48. The molecule has 1 aliphatic rings. The van der Waals surface area contributed by atoms with Crippen LogP contribution in [0.2, 0.25) is 0 Å². The SMILES string of the molecule is Cc1ccn(-c2ccc(N3CCCC3CCCc3ccccc3)nn2)n1. The molecule has 0 bridgehead atoms. The molecule has 1 saturated heterocycles. The maximum Gasteiger partial charge on any atom is 0.175 e. The number of aromatic nitrogens is 4. The van der Waals surface area contributed by atoms with Gasteiger partial charge in [-0.3, -0.25) is 0 Å². The molecule has 3 aromatic rings. The molecule has 26 heavy (non-hydrogen) atoms. The third-order valence-corrected chi connectivity index (χ3v) is 5.11. The van der Waals surface area contributed by atoms with Crippen molar-refractivity contribution in [3.8, 4) is 5.82 Å². The first-order valence-corrected chi connectivity index (χ1v) is 9.46. The lowest BCUT2D eigenvalue weighted by Gasteiger charge is -2.25. The van der Waals surface area contributed by atoms with Gasteiger partial charge < -0.3 is 4.90 Å². The first-order chi connectivity index (χ1) is 12.8. The zero-order chi connectivity index (χ0) is 17.8. The van der Waals surface area contributed by atoms with Gasteiger partial charge in [0.15, 0.2) is 11.6 Å². The number of anilines is 1. The first-order valence-electron chi connectivity index (χ1n) is 9.46. The van der Waals surface area contributed by atoms with Crippen LogP contribution in [0, 0.1) is 6.92 Å². The number of hydrogen-bond donors (Lipinski definition) is 0. The Bertz CT molecular complexity index is 825. The van der Waals surface area contributed by atoms with E-state index in [1.165, 1.54) is 31.2 Å². The molecule has 1 aromatic carbocycles. The third-order valence-electron chi connectivity index (χ3n) is 5.11. The summed E-state index contributed by atoms with van der Waals surface area (Å²) in [4.78, 5) is 2.43. The topological polar surface area (TPSA) is 46.8 Å². The lowest BCUT2D eigenvalue weighted by molar-refractivity contribution is 0.575. The van der Waals surface area contributed by atoms with Gasteiger partial charge in [0.05, 0.1) is 5.69 Å². The second-order valence-corrected chi connectivity index (χ2v) is 7.02. The highest BCUT2D eigenvalue weighted by Gasteiger charge is 2.25. The standard InChI is InChI=1S/C21H25N5/c1-17-14-16-26(24-17)21-13-12-20(22-23-21)25-15-6-11-19(25)10-5-9-18-7-3-2-4-8-18/h2-4,7-8,12-14,16,19H,5-6,9-11,15H2,1H3. The summed E-state index contributed by atoms with van der Waals surface area (Å²) in [7, 11) is 0. The Kier molecular flexibility index (Phi) is 4.95. The van der Waals surface area contributed by atoms with Gasteiger partial charge in [-0.25, -0.2) is 4.68 Å². The highest BCUT2D eigenvalue weighted by molar-refractivity contribution is 5.42. The van der Waals surface area contributed by atoms with Gasteiger partial charge in [0.2, 0.25) is 0 Å². The lowest BCUT2D eigenvalue weighted by Crippen LogP contribution is -2.30. The van der Waals surface area contributed by atoms with Crippen LogP contribution in [0.4, 0.5) is 5.82 Å². The fraction of sp³-hybridized carbons (Fsp3) is 0.381. The number of hydrogen-bond acceptors (Lipinski definition) is 4. The van der Waals surface area contributed by atoms with Crippen LogP contribution in [-0.4, -0.2) is 32.6 Å². The quantitative estimate of drug-likeness (QED) is 0.677. The monoisotopic (exact) mass is 347 g/mol. The molecular weight excluding hydrogens is 322 g/mol. The molecule has 1 unspecified atom stereocenters. The second-order valence-electron chi connectivity index (χ2n) is 7.02. The van der Waals surface area contributed by atoms with Crippen molar-refractivity contribution in [3.63, 3.8) is 0 Å². The van der Waals surface area contributed by atoms with E-state index in [0.717, 1.165) is 30.3 Å². The molecule has 3 heterocycles. The molecule has 1 fully saturated rings. The van der Waals surface area contributed by atoms with Crippen LogP contribution in [0.5, 0.6) is 0 Å². The van der Waals surface area contributed by atoms with Crippen LogP contribution in [0.1, 0.15) is 36.9 Å². The summed E-state index contributed by atoms with van der Waals surface area (Å²) in [6.45, 7) is 3.05. The van der Waals surface area contributed by atoms with Crippen molar-refractivity contribution < 1.29 is 0 Å². The molecule has 0 saturated carbocycles. The molecule has 2 aromatic heterocycles. The van der Waals surface area contributed by atoms with Crippen molar-refractivity contribution in [2.45, 2.75) is 45.1 Å². The summed E-state index contributed by atoms with van der Waals surface area (Å²) in [6, 6.07) is 17.4. The first kappa shape index (κ1) is 16.8. The third kappa shape index (κ3) is 3.77. The highest BCUT2D eigenvalue weighted by Crippen LogP contribution is 2.27.